The van der Waals surface area contributed by atoms with Crippen LogP contribution in [0.5, 0.6) is 0 Å². The molecular weight excluding hydrogens is 144 g/mol. The summed E-state index contributed by atoms with van der Waals surface area (Å²) >= 11 is 0. The third-order valence-electron chi connectivity index (χ3n) is 1.28. The van der Waals surface area contributed by atoms with Crippen molar-refractivity contribution in [2.24, 2.45) is 0 Å². The van der Waals surface area contributed by atoms with E-state index in [0.29, 0.717) is 11.5 Å². The summed E-state index contributed by atoms with van der Waals surface area (Å²) in [6, 6.07) is 0. The van der Waals surface area contributed by atoms with Crippen LogP contribution in [0.4, 0.5) is 0 Å². The van der Waals surface area contributed by atoms with Crippen molar-refractivity contribution in [3.63, 3.8) is 0 Å². The van der Waals surface area contributed by atoms with Crippen LogP contribution in [0.3, 0.4) is 0 Å². The fourth-order valence-corrected chi connectivity index (χ4v) is 0.792. The molecule has 0 bridgehead atoms. The molecule has 5 nitrogen and oxygen atoms in total. The van der Waals surface area contributed by atoms with Gasteiger partial charge in [-0.25, -0.2) is 15.0 Å². The third kappa shape index (κ3) is 0.861. The van der Waals surface area contributed by atoms with Crippen molar-refractivity contribution in [1.29, 1.82) is 0 Å². The molecule has 0 saturated heterocycles. The van der Waals surface area contributed by atoms with E-state index in [-0.39, 0.29) is 0 Å². The van der Waals surface area contributed by atoms with Crippen LogP contribution < -0.4 is 0 Å². The van der Waals surface area contributed by atoms with Gasteiger partial charge >= 0.3 is 6.41 Å². The number of fused-ring (bicyclic) bond motifs is 1. The van der Waals surface area contributed by atoms with Crippen LogP contribution in [0.1, 0.15) is 0 Å². The summed E-state index contributed by atoms with van der Waals surface area (Å²) in [7, 11) is 0. The van der Waals surface area contributed by atoms with Crippen molar-refractivity contribution in [2.45, 2.75) is 0 Å². The summed E-state index contributed by atoms with van der Waals surface area (Å²) in [5.74, 6) is 0.538. The van der Waals surface area contributed by atoms with Crippen molar-refractivity contribution >= 4 is 6.41 Å². The van der Waals surface area contributed by atoms with Crippen molar-refractivity contribution in [1.82, 2.24) is 19.5 Å². The lowest BCUT2D eigenvalue weighted by atomic mass is 10.4. The molecule has 0 aromatic carbocycles. The molecule has 11 heavy (non-hydrogen) atoms. The zero-order valence-corrected chi connectivity index (χ0v) is 5.43. The number of aromatic nitrogens is 4. The van der Waals surface area contributed by atoms with Crippen molar-refractivity contribution in [2.75, 3.05) is 0 Å². The van der Waals surface area contributed by atoms with E-state index >= 15 is 0 Å². The van der Waals surface area contributed by atoms with Crippen LogP contribution in [-0.2, 0) is 4.79 Å². The highest BCUT2D eigenvalue weighted by Gasteiger charge is 2.05. The molecule has 5 heteroatoms. The van der Waals surface area contributed by atoms with Gasteiger partial charge < -0.3 is 0 Å². The first-order valence-electron chi connectivity index (χ1n) is 2.93. The van der Waals surface area contributed by atoms with Crippen molar-refractivity contribution < 1.29 is 4.79 Å². The molecule has 0 spiro atoms. The van der Waals surface area contributed by atoms with Gasteiger partial charge in [0, 0.05) is 6.20 Å². The Balaban J connectivity index is 2.68. The summed E-state index contributed by atoms with van der Waals surface area (Å²) in [6.45, 7) is 0. The summed E-state index contributed by atoms with van der Waals surface area (Å²) in [5.41, 5.74) is 0.593. The molecule has 0 N–H and O–H groups in total. The minimum absolute atomic E-state index is 0.538. The highest BCUT2D eigenvalue weighted by molar-refractivity contribution is 5.56. The quantitative estimate of drug-likeness (QED) is 0.555. The van der Waals surface area contributed by atoms with Gasteiger partial charge in [-0.15, -0.1) is 0 Å². The largest absolute Gasteiger partial charge is 0.322 e. The number of imidazole rings is 1. The number of rotatable bonds is 1. The van der Waals surface area contributed by atoms with E-state index in [1.807, 2.05) is 0 Å². The fraction of sp³-hybridized carbons (Fsp3) is 0. The number of hydrogen-bond donors (Lipinski definition) is 0. The Hall–Kier alpha value is -1.78. The topological polar surface area (TPSA) is 60.7 Å². The molecule has 2 rings (SSSR count). The minimum atomic E-state index is 0.538. The average molecular weight is 147 g/mol. The van der Waals surface area contributed by atoms with Gasteiger partial charge in [-0.1, -0.05) is 0 Å². The van der Waals surface area contributed by atoms with Crippen LogP contribution >= 0.6 is 0 Å². The van der Waals surface area contributed by atoms with Crippen LogP contribution in [0.25, 0.3) is 11.5 Å². The van der Waals surface area contributed by atoms with Gasteiger partial charge in [-0.3, -0.25) is 9.36 Å². The Morgan fingerprint density at radius 2 is 2.27 bits per heavy atom. The molecule has 2 aliphatic rings. The molecule has 0 aliphatic carbocycles. The number of carbonyl (C=O) groups excluding carboxylic acids is 1. The summed E-state index contributed by atoms with van der Waals surface area (Å²) < 4.78 is 1.16. The number of hydrogen-bond acceptors (Lipinski definition) is 4. The second-order valence-electron chi connectivity index (χ2n) is 1.95. The molecule has 0 fully saturated rings. The fourth-order valence-electron chi connectivity index (χ4n) is 0.792. The van der Waals surface area contributed by atoms with E-state index in [0.717, 1.165) is 4.57 Å². The molecule has 2 aliphatic heterocycles. The Kier molecular flexibility index (Phi) is 1.15. The predicted octanol–water partition coefficient (Wildman–Crippen LogP) is -0.307. The van der Waals surface area contributed by atoms with Gasteiger partial charge in [0.05, 0.1) is 0 Å². The predicted molar refractivity (Wildman–Crippen MR) is 35.5 cm³/mol. The summed E-state index contributed by atoms with van der Waals surface area (Å²) in [4.78, 5) is 21.6. The van der Waals surface area contributed by atoms with E-state index in [2.05, 4.69) is 15.0 Å². The van der Waals surface area contributed by atoms with Crippen LogP contribution in [0, 0.1) is 0 Å². The molecule has 0 amide bonds. The molecule has 0 atom stereocenters. The molecular formula is C6H3N4O. The van der Waals surface area contributed by atoms with Crippen molar-refractivity contribution in [3.8, 4) is 11.5 Å². The van der Waals surface area contributed by atoms with Gasteiger partial charge in [-0.2, -0.15) is 0 Å². The normalized spacial score (nSPS) is 10.2. The SMILES string of the molecule is O=[C]n1cnc2ncnc-2c1. The molecule has 2 heterocycles. The smallest absolute Gasteiger partial charge is 0.267 e. The molecule has 0 unspecified atom stereocenters. The van der Waals surface area contributed by atoms with Crippen LogP contribution in [0.15, 0.2) is 18.9 Å². The Morgan fingerprint density at radius 3 is 3.09 bits per heavy atom. The highest BCUT2D eigenvalue weighted by atomic mass is 16.1. The first-order valence-corrected chi connectivity index (χ1v) is 2.93. The lowest BCUT2D eigenvalue weighted by Crippen LogP contribution is -1.98. The molecule has 53 valence electrons. The van der Waals surface area contributed by atoms with Crippen LogP contribution in [0.2, 0.25) is 0 Å². The van der Waals surface area contributed by atoms with E-state index in [1.165, 1.54) is 18.9 Å². The Labute approximate surface area is 62.1 Å². The van der Waals surface area contributed by atoms with Gasteiger partial charge in [0.25, 0.3) is 0 Å². The Morgan fingerprint density at radius 1 is 1.36 bits per heavy atom. The van der Waals surface area contributed by atoms with Crippen molar-refractivity contribution in [3.05, 3.63) is 18.9 Å². The third-order valence-corrected chi connectivity index (χ3v) is 1.28. The van der Waals surface area contributed by atoms with E-state index in [9.17, 15) is 4.79 Å². The summed E-state index contributed by atoms with van der Waals surface area (Å²) in [6.07, 6.45) is 5.89. The summed E-state index contributed by atoms with van der Waals surface area (Å²) in [5, 5.41) is 0. The monoisotopic (exact) mass is 147 g/mol. The van der Waals surface area contributed by atoms with E-state index in [1.54, 1.807) is 6.41 Å². The minimum Gasteiger partial charge on any atom is -0.267 e. The van der Waals surface area contributed by atoms with Crippen LogP contribution in [-0.4, -0.2) is 25.9 Å². The molecule has 0 saturated carbocycles. The lowest BCUT2D eigenvalue weighted by Gasteiger charge is -1.95. The second-order valence-corrected chi connectivity index (χ2v) is 1.95. The number of nitrogens with zero attached hydrogens (tertiary/aromatic N) is 4. The highest BCUT2D eigenvalue weighted by Crippen LogP contribution is 2.09. The first-order chi connectivity index (χ1) is 5.40. The van der Waals surface area contributed by atoms with Gasteiger partial charge in [0.1, 0.15) is 18.3 Å². The molecule has 0 aromatic rings. The van der Waals surface area contributed by atoms with E-state index in [4.69, 9.17) is 0 Å². The van der Waals surface area contributed by atoms with E-state index < -0.39 is 0 Å². The Bertz CT molecular complexity index is 356. The maximum Gasteiger partial charge on any atom is 0.322 e. The zero-order chi connectivity index (χ0) is 7.68. The average Bonchev–Trinajstić information content (AvgIpc) is 2.50. The second kappa shape index (κ2) is 2.12. The first kappa shape index (κ1) is 5.96. The standard InChI is InChI=1S/C6H3N4O/c11-4-10-1-5-6(9-3-10)8-2-7-5/h1-3H. The molecule has 1 radical (unpaired) electrons. The van der Waals surface area contributed by atoms with Gasteiger partial charge in [-0.05, 0) is 0 Å². The molecule has 0 aromatic heterocycles. The maximum absolute atomic E-state index is 10.1. The lowest BCUT2D eigenvalue weighted by molar-refractivity contribution is 0.546. The maximum atomic E-state index is 10.1. The zero-order valence-electron chi connectivity index (χ0n) is 5.43. The van der Waals surface area contributed by atoms with Gasteiger partial charge in [0.15, 0.2) is 5.82 Å². The van der Waals surface area contributed by atoms with Gasteiger partial charge in [0.2, 0.25) is 0 Å².